The first kappa shape index (κ1) is 20.4. The second-order valence-electron chi connectivity index (χ2n) is 7.10. The lowest BCUT2D eigenvalue weighted by Crippen LogP contribution is -2.39. The van der Waals surface area contributed by atoms with E-state index in [0.29, 0.717) is 11.3 Å². The van der Waals surface area contributed by atoms with Gasteiger partial charge in [0.05, 0.1) is 38.5 Å². The molecule has 2 aromatic carbocycles. The molecule has 4 rings (SSSR count). The van der Waals surface area contributed by atoms with Crippen LogP contribution in [0, 0.1) is 0 Å². The Bertz CT molecular complexity index is 1120. The molecule has 7 nitrogen and oxygen atoms in total. The molecule has 31 heavy (non-hydrogen) atoms. The first-order chi connectivity index (χ1) is 15.0. The van der Waals surface area contributed by atoms with Crippen LogP contribution in [0.1, 0.15) is 27.5 Å². The first-order valence-electron chi connectivity index (χ1n) is 9.65. The second-order valence-corrected chi connectivity index (χ2v) is 7.10. The quantitative estimate of drug-likeness (QED) is 0.544. The van der Waals surface area contributed by atoms with Gasteiger partial charge in [-0.1, -0.05) is 24.3 Å². The van der Waals surface area contributed by atoms with E-state index in [0.717, 1.165) is 11.1 Å². The molecule has 2 aliphatic rings. The van der Waals surface area contributed by atoms with Crippen LogP contribution in [0.2, 0.25) is 0 Å². The Hall–Kier alpha value is -3.87. The molecule has 0 saturated heterocycles. The van der Waals surface area contributed by atoms with Crippen LogP contribution in [0.15, 0.2) is 65.9 Å². The van der Waals surface area contributed by atoms with Crippen molar-refractivity contribution < 1.29 is 28.6 Å². The highest BCUT2D eigenvalue weighted by Crippen LogP contribution is 2.46. The van der Waals surface area contributed by atoms with Crippen LogP contribution in [0.3, 0.4) is 0 Å². The van der Waals surface area contributed by atoms with Crippen LogP contribution in [0.25, 0.3) is 6.08 Å². The smallest absolute Gasteiger partial charge is 0.336 e. The lowest BCUT2D eigenvalue weighted by Gasteiger charge is -2.33. The van der Waals surface area contributed by atoms with Gasteiger partial charge in [0.1, 0.15) is 11.8 Å². The van der Waals surface area contributed by atoms with Gasteiger partial charge in [0.15, 0.2) is 5.78 Å². The van der Waals surface area contributed by atoms with Crippen LogP contribution in [0.4, 0.5) is 0 Å². The van der Waals surface area contributed by atoms with E-state index in [1.165, 1.54) is 21.3 Å². The molecule has 0 aromatic heterocycles. The van der Waals surface area contributed by atoms with Gasteiger partial charge in [0.2, 0.25) is 0 Å². The minimum Gasteiger partial charge on any atom is -0.497 e. The number of ether oxygens (including phenoxy) is 3. The lowest BCUT2D eigenvalue weighted by molar-refractivity contribution is -0.139. The zero-order chi connectivity index (χ0) is 22.1. The zero-order valence-corrected chi connectivity index (χ0v) is 17.3. The molecule has 2 atom stereocenters. The molecular weight excluding hydrogens is 398 g/mol. The van der Waals surface area contributed by atoms with Gasteiger partial charge in [0.25, 0.3) is 0 Å². The molecule has 7 heteroatoms. The van der Waals surface area contributed by atoms with E-state index in [1.54, 1.807) is 35.4 Å². The van der Waals surface area contributed by atoms with Crippen molar-refractivity contribution in [2.75, 3.05) is 21.3 Å². The number of Topliss-reactive ketones (excluding diaryl/α,β-unsaturated/α-hetero) is 1. The summed E-state index contributed by atoms with van der Waals surface area (Å²) in [4.78, 5) is 41.0. The molecule has 0 saturated carbocycles. The van der Waals surface area contributed by atoms with Gasteiger partial charge in [-0.2, -0.15) is 0 Å². The van der Waals surface area contributed by atoms with Crippen molar-refractivity contribution >= 4 is 23.8 Å². The predicted octanol–water partition coefficient (Wildman–Crippen LogP) is 2.93. The Morgan fingerprint density at radius 1 is 0.839 bits per heavy atom. The molecule has 2 aliphatic heterocycles. The van der Waals surface area contributed by atoms with Crippen molar-refractivity contribution in [1.82, 2.24) is 4.90 Å². The van der Waals surface area contributed by atoms with E-state index in [9.17, 15) is 14.4 Å². The summed E-state index contributed by atoms with van der Waals surface area (Å²) in [5, 5.41) is 0. The van der Waals surface area contributed by atoms with Crippen molar-refractivity contribution in [1.29, 1.82) is 0 Å². The summed E-state index contributed by atoms with van der Waals surface area (Å²) in [7, 11) is 4.01. The normalized spacial score (nSPS) is 18.9. The minimum atomic E-state index is -1.04. The number of fused-ring (bicyclic) bond motifs is 3. The van der Waals surface area contributed by atoms with E-state index < -0.39 is 24.0 Å². The summed E-state index contributed by atoms with van der Waals surface area (Å²) in [5.41, 5.74) is 2.17. The number of carbonyl (C=O) groups excluding carboxylic acids is 3. The lowest BCUT2D eigenvalue weighted by atomic mass is 9.91. The molecule has 0 spiro atoms. The molecule has 2 aromatic rings. The summed E-state index contributed by atoms with van der Waals surface area (Å²) < 4.78 is 15.1. The van der Waals surface area contributed by atoms with Gasteiger partial charge in [-0.3, -0.25) is 4.79 Å². The average molecular weight is 419 g/mol. The predicted molar refractivity (Wildman–Crippen MR) is 112 cm³/mol. The largest absolute Gasteiger partial charge is 0.497 e. The van der Waals surface area contributed by atoms with Crippen LogP contribution >= 0.6 is 0 Å². The summed E-state index contributed by atoms with van der Waals surface area (Å²) in [6, 6.07) is 12.4. The van der Waals surface area contributed by atoms with Crippen molar-refractivity contribution in [3.63, 3.8) is 0 Å². The number of carbonyl (C=O) groups is 3. The van der Waals surface area contributed by atoms with Crippen molar-refractivity contribution in [3.8, 4) is 5.75 Å². The Balaban J connectivity index is 1.91. The Morgan fingerprint density at radius 2 is 1.48 bits per heavy atom. The van der Waals surface area contributed by atoms with E-state index in [4.69, 9.17) is 14.2 Å². The molecule has 0 fully saturated rings. The number of ketones is 1. The monoisotopic (exact) mass is 419 g/mol. The first-order valence-corrected chi connectivity index (χ1v) is 9.65. The summed E-state index contributed by atoms with van der Waals surface area (Å²) in [6.45, 7) is 0. The maximum absolute atomic E-state index is 13.6. The SMILES string of the molecule is COC(=O)C1=C(C(=O)OC)C2c3ccccc3C=CN2C1C(=O)c1ccc(OC)cc1. The maximum atomic E-state index is 13.6. The molecular formula is C24H21NO6. The fourth-order valence-electron chi connectivity index (χ4n) is 4.15. The molecule has 2 heterocycles. The molecule has 158 valence electrons. The number of hydrogen-bond acceptors (Lipinski definition) is 7. The molecule has 2 unspecified atom stereocenters. The number of benzene rings is 2. The minimum absolute atomic E-state index is 0.0125. The van der Waals surface area contributed by atoms with E-state index in [1.807, 2.05) is 30.3 Å². The molecule has 0 N–H and O–H groups in total. The van der Waals surface area contributed by atoms with Crippen LogP contribution in [0.5, 0.6) is 5.75 Å². The van der Waals surface area contributed by atoms with Gasteiger partial charge in [0, 0.05) is 11.8 Å². The van der Waals surface area contributed by atoms with Crippen molar-refractivity contribution in [2.24, 2.45) is 0 Å². The average Bonchev–Trinajstić information content (AvgIpc) is 3.18. The number of esters is 2. The third-order valence-electron chi connectivity index (χ3n) is 5.58. The highest BCUT2D eigenvalue weighted by atomic mass is 16.5. The van der Waals surface area contributed by atoms with E-state index in [2.05, 4.69) is 0 Å². The summed E-state index contributed by atoms with van der Waals surface area (Å²) >= 11 is 0. The van der Waals surface area contributed by atoms with Crippen LogP contribution in [-0.4, -0.2) is 50.0 Å². The zero-order valence-electron chi connectivity index (χ0n) is 17.3. The Morgan fingerprint density at radius 3 is 2.13 bits per heavy atom. The highest BCUT2D eigenvalue weighted by molar-refractivity contribution is 6.13. The third-order valence-corrected chi connectivity index (χ3v) is 5.58. The molecule has 0 radical (unpaired) electrons. The van der Waals surface area contributed by atoms with Gasteiger partial charge >= 0.3 is 11.9 Å². The Labute approximate surface area is 179 Å². The second kappa shape index (κ2) is 8.10. The fraction of sp³-hybridized carbons (Fsp3) is 0.208. The molecule has 0 bridgehead atoms. The number of hydrogen-bond donors (Lipinski definition) is 0. The van der Waals surface area contributed by atoms with Gasteiger partial charge in [-0.15, -0.1) is 0 Å². The standard InChI is InChI=1S/C24H21NO6/c1-29-16-10-8-15(9-11-16)22(26)21-19(24(28)31-3)18(23(27)30-2)20-17-7-5-4-6-14(17)12-13-25(20)21/h4-13,20-21H,1-3H3. The fourth-order valence-corrected chi connectivity index (χ4v) is 4.15. The number of nitrogens with zero attached hydrogens (tertiary/aromatic N) is 1. The van der Waals surface area contributed by atoms with Crippen LogP contribution < -0.4 is 4.74 Å². The Kier molecular flexibility index (Phi) is 5.33. The summed E-state index contributed by atoms with van der Waals surface area (Å²) in [5.74, 6) is -1.15. The van der Waals surface area contributed by atoms with E-state index in [-0.39, 0.29) is 16.9 Å². The highest BCUT2D eigenvalue weighted by Gasteiger charge is 2.50. The van der Waals surface area contributed by atoms with Crippen molar-refractivity contribution in [2.45, 2.75) is 12.1 Å². The van der Waals surface area contributed by atoms with Gasteiger partial charge in [-0.05, 0) is 41.5 Å². The summed E-state index contributed by atoms with van der Waals surface area (Å²) in [6.07, 6.45) is 3.59. The molecule has 0 aliphatic carbocycles. The topological polar surface area (TPSA) is 82.1 Å². The van der Waals surface area contributed by atoms with E-state index >= 15 is 0 Å². The number of rotatable bonds is 5. The van der Waals surface area contributed by atoms with Crippen molar-refractivity contribution in [3.05, 3.63) is 82.6 Å². The van der Waals surface area contributed by atoms with Gasteiger partial charge < -0.3 is 19.1 Å². The maximum Gasteiger partial charge on any atom is 0.336 e. The molecule has 0 amide bonds. The van der Waals surface area contributed by atoms with Crippen LogP contribution in [-0.2, 0) is 19.1 Å². The van der Waals surface area contributed by atoms with Gasteiger partial charge in [-0.25, -0.2) is 9.59 Å². The third kappa shape index (κ3) is 3.28. The number of methoxy groups -OCH3 is 3.